The molecule has 45 heavy (non-hydrogen) atoms. The number of anilines is 1. The van der Waals surface area contributed by atoms with Gasteiger partial charge in [0.2, 0.25) is 5.69 Å². The number of hydrogen-bond donors (Lipinski definition) is 0. The predicted molar refractivity (Wildman–Crippen MR) is 196 cm³/mol. The second kappa shape index (κ2) is 12.7. The van der Waals surface area contributed by atoms with Crippen LogP contribution in [0.15, 0.2) is 112 Å². The summed E-state index contributed by atoms with van der Waals surface area (Å²) < 4.78 is 2.48. The zero-order valence-corrected chi connectivity index (χ0v) is 28.7. The molecule has 1 aliphatic carbocycles. The average Bonchev–Trinajstić information content (AvgIpc) is 3.40. The van der Waals surface area contributed by atoms with E-state index >= 15 is 0 Å². The monoisotopic (exact) mass is 632 g/mol. The highest BCUT2D eigenvalue weighted by molar-refractivity contribution is 7.78. The molecule has 2 heterocycles. The van der Waals surface area contributed by atoms with Crippen molar-refractivity contribution in [1.82, 2.24) is 0 Å². The molecule has 0 saturated carbocycles. The first-order valence-electron chi connectivity index (χ1n) is 16.3. The minimum absolute atomic E-state index is 0.0563. The van der Waals surface area contributed by atoms with Crippen molar-refractivity contribution in [3.8, 4) is 0 Å². The van der Waals surface area contributed by atoms with Crippen LogP contribution in [0.2, 0.25) is 0 Å². The molecule has 3 aromatic rings. The van der Waals surface area contributed by atoms with Crippen molar-refractivity contribution >= 4 is 56.8 Å². The van der Waals surface area contributed by atoms with Gasteiger partial charge in [0.1, 0.15) is 0 Å². The van der Waals surface area contributed by atoms with Crippen molar-refractivity contribution in [3.63, 3.8) is 0 Å². The van der Waals surface area contributed by atoms with Crippen LogP contribution < -0.4 is 4.90 Å². The molecule has 6 rings (SSSR count). The van der Waals surface area contributed by atoms with Gasteiger partial charge < -0.3 is 4.90 Å². The smallest absolute Gasteiger partial charge is 0.210 e. The molecule has 0 fully saturated rings. The Bertz CT molecular complexity index is 1860. The molecule has 5 heteroatoms. The van der Waals surface area contributed by atoms with Gasteiger partial charge in [0.05, 0.1) is 17.1 Å². The van der Waals surface area contributed by atoms with E-state index in [2.05, 4.69) is 139 Å². The number of nitrogens with zero attached hydrogens (tertiary/aromatic N) is 3. The van der Waals surface area contributed by atoms with Gasteiger partial charge in [-0.3, -0.25) is 0 Å². The van der Waals surface area contributed by atoms with Crippen molar-refractivity contribution in [2.45, 2.75) is 71.1 Å². The summed E-state index contributed by atoms with van der Waals surface area (Å²) in [5.41, 5.74) is 10.2. The first kappa shape index (κ1) is 31.4. The maximum atomic E-state index is 7.21. The summed E-state index contributed by atoms with van der Waals surface area (Å²) >= 11 is 12.0. The highest BCUT2D eigenvalue weighted by atomic mass is 35.5. The summed E-state index contributed by atoms with van der Waals surface area (Å²) in [5.74, 6) is 0. The fourth-order valence-electron chi connectivity index (χ4n) is 7.68. The van der Waals surface area contributed by atoms with Crippen LogP contribution in [0.5, 0.6) is 0 Å². The third-order valence-electron chi connectivity index (χ3n) is 9.93. The van der Waals surface area contributed by atoms with E-state index in [1.165, 1.54) is 55.8 Å². The molecular weight excluding hydrogens is 590 g/mol. The van der Waals surface area contributed by atoms with Gasteiger partial charge in [-0.25, -0.2) is 4.99 Å². The maximum absolute atomic E-state index is 7.21. The Hall–Kier alpha value is -3.56. The van der Waals surface area contributed by atoms with Gasteiger partial charge in [-0.05, 0) is 97.9 Å². The van der Waals surface area contributed by atoms with Crippen molar-refractivity contribution in [1.29, 1.82) is 0 Å². The van der Waals surface area contributed by atoms with E-state index in [1.807, 2.05) is 0 Å². The van der Waals surface area contributed by atoms with E-state index in [1.54, 1.807) is 0 Å². The highest BCUT2D eigenvalue weighted by Gasteiger charge is 2.45. The zero-order chi connectivity index (χ0) is 31.8. The van der Waals surface area contributed by atoms with Crippen LogP contribution in [-0.2, 0) is 10.8 Å². The molecule has 2 aliphatic heterocycles. The predicted octanol–water partition coefficient (Wildman–Crippen LogP) is 10.6. The summed E-state index contributed by atoms with van der Waals surface area (Å²) in [6.07, 6.45) is 13.2. The lowest BCUT2D eigenvalue weighted by atomic mass is 9.79. The molecule has 0 amide bonds. The Balaban J connectivity index is 1.36. The van der Waals surface area contributed by atoms with Crippen LogP contribution in [0.1, 0.15) is 71.4 Å². The number of para-hydroxylation sites is 1. The van der Waals surface area contributed by atoms with Crippen molar-refractivity contribution < 1.29 is 4.58 Å². The molecule has 3 nitrogen and oxygen atoms in total. The number of fused-ring (bicyclic) bond motifs is 4. The molecule has 0 spiro atoms. The minimum atomic E-state index is -0.169. The molecular formula is C40H43ClN3S+. The number of halogens is 1. The third kappa shape index (κ3) is 5.58. The van der Waals surface area contributed by atoms with Crippen LogP contribution >= 0.6 is 23.8 Å². The lowest BCUT2D eigenvalue weighted by Crippen LogP contribution is -2.28. The average molecular weight is 633 g/mol. The van der Waals surface area contributed by atoms with Gasteiger partial charge in [-0.15, -0.1) is 0 Å². The van der Waals surface area contributed by atoms with Crippen LogP contribution in [0.3, 0.4) is 0 Å². The van der Waals surface area contributed by atoms with Gasteiger partial charge in [-0.2, -0.15) is 4.58 Å². The first-order chi connectivity index (χ1) is 21.7. The molecule has 0 atom stereocenters. The molecule has 0 saturated heterocycles. The fourth-order valence-corrected chi connectivity index (χ4v) is 8.08. The molecule has 3 aliphatic rings. The van der Waals surface area contributed by atoms with Gasteiger partial charge in [-0.1, -0.05) is 80.1 Å². The van der Waals surface area contributed by atoms with Gasteiger partial charge >= 0.3 is 0 Å². The van der Waals surface area contributed by atoms with Crippen LogP contribution in [0.25, 0.3) is 10.8 Å². The standard InChI is InChI=1S/C40H43ClN3S/c1-6-43-33-18-10-9-17-32(33)39(2,3)35(43)23-20-29-14-11-15-30(38(29)41)21-24-36-40(4,5)37-31-16-8-7-13-28(31)19-22-34(37)44(36)26-12-25-42-27-45/h7-10,13,16-24H,6,11-12,14-15,25-26H2,1-5H3/q+1. The number of isothiocyanates is 1. The van der Waals surface area contributed by atoms with Crippen molar-refractivity contribution in [2.75, 3.05) is 24.5 Å². The van der Waals surface area contributed by atoms with E-state index in [9.17, 15) is 0 Å². The second-order valence-corrected chi connectivity index (χ2v) is 13.9. The van der Waals surface area contributed by atoms with Crippen LogP contribution in [-0.4, -0.2) is 35.1 Å². The molecule has 0 N–H and O–H groups in total. The van der Waals surface area contributed by atoms with E-state index in [0.717, 1.165) is 43.8 Å². The van der Waals surface area contributed by atoms with E-state index < -0.39 is 0 Å². The normalized spacial score (nSPS) is 20.4. The summed E-state index contributed by atoms with van der Waals surface area (Å²) in [7, 11) is 0. The van der Waals surface area contributed by atoms with Gasteiger partial charge in [0, 0.05) is 52.5 Å². The molecule has 0 unspecified atom stereocenters. The number of allylic oxidation sites excluding steroid dienone is 8. The van der Waals surface area contributed by atoms with Gasteiger partial charge in [0.25, 0.3) is 0 Å². The molecule has 0 bridgehead atoms. The topological polar surface area (TPSA) is 18.6 Å². The van der Waals surface area contributed by atoms with E-state index in [0.29, 0.717) is 6.54 Å². The molecule has 0 aromatic heterocycles. The molecule has 0 radical (unpaired) electrons. The summed E-state index contributed by atoms with van der Waals surface area (Å²) in [6, 6.07) is 22.0. The third-order valence-corrected chi connectivity index (χ3v) is 10.5. The Morgan fingerprint density at radius 2 is 1.73 bits per heavy atom. The zero-order valence-electron chi connectivity index (χ0n) is 27.2. The van der Waals surface area contributed by atoms with Crippen LogP contribution in [0.4, 0.5) is 11.4 Å². The molecule has 230 valence electrons. The van der Waals surface area contributed by atoms with Crippen LogP contribution in [0, 0.1) is 0 Å². The SMILES string of the molecule is CCN1/C(=C/C=C2\CCCC(/C=C/C3=[N+](CCCN=C=S)c4ccc5ccccc5c4C3(C)C)=C2Cl)C(C)(C)c2ccccc21. The highest BCUT2D eigenvalue weighted by Crippen LogP contribution is 2.48. The number of aliphatic imine (C=N–C) groups is 1. The van der Waals surface area contributed by atoms with Crippen molar-refractivity contribution in [3.05, 3.63) is 118 Å². The maximum Gasteiger partial charge on any atom is 0.210 e. The minimum Gasteiger partial charge on any atom is -0.344 e. The number of hydrogen-bond acceptors (Lipinski definition) is 3. The number of benzene rings is 3. The Morgan fingerprint density at radius 1 is 0.956 bits per heavy atom. The van der Waals surface area contributed by atoms with E-state index in [-0.39, 0.29) is 10.8 Å². The lowest BCUT2D eigenvalue weighted by molar-refractivity contribution is -0.437. The Kier molecular flexibility index (Phi) is 8.85. The largest absolute Gasteiger partial charge is 0.344 e. The Morgan fingerprint density at radius 3 is 2.53 bits per heavy atom. The number of rotatable bonds is 8. The summed E-state index contributed by atoms with van der Waals surface area (Å²) in [5, 5.41) is 6.01. The summed E-state index contributed by atoms with van der Waals surface area (Å²) in [6.45, 7) is 14.1. The van der Waals surface area contributed by atoms with Gasteiger partial charge in [0.15, 0.2) is 12.3 Å². The lowest BCUT2D eigenvalue weighted by Gasteiger charge is -2.26. The Labute approximate surface area is 279 Å². The first-order valence-corrected chi connectivity index (χ1v) is 17.0. The quantitative estimate of drug-likeness (QED) is 0.106. The number of likely N-dealkylation sites (N-methyl/N-ethyl adjacent to an activating group) is 1. The number of thiocarbonyl (C=S) groups is 1. The second-order valence-electron chi connectivity index (χ2n) is 13.3. The molecule has 3 aromatic carbocycles. The van der Waals surface area contributed by atoms with Crippen molar-refractivity contribution in [2.24, 2.45) is 4.99 Å². The summed E-state index contributed by atoms with van der Waals surface area (Å²) in [4.78, 5) is 6.63. The van der Waals surface area contributed by atoms with E-state index in [4.69, 9.17) is 23.8 Å². The fraction of sp³-hybridized carbons (Fsp3) is 0.350.